The number of nitrogens with one attached hydrogen (secondary N) is 1. The highest BCUT2D eigenvalue weighted by molar-refractivity contribution is 9.10. The van der Waals surface area contributed by atoms with Crippen LogP contribution in [-0.2, 0) is 0 Å². The van der Waals surface area contributed by atoms with Crippen LogP contribution in [0, 0.1) is 0 Å². The first-order valence-corrected chi connectivity index (χ1v) is 9.33. The van der Waals surface area contributed by atoms with Gasteiger partial charge >= 0.3 is 0 Å². The van der Waals surface area contributed by atoms with E-state index in [1.807, 2.05) is 0 Å². The van der Waals surface area contributed by atoms with Crippen LogP contribution in [0.15, 0.2) is 28.7 Å². The van der Waals surface area contributed by atoms with Gasteiger partial charge in [0.25, 0.3) is 0 Å². The molecule has 0 bridgehead atoms. The Labute approximate surface area is 137 Å². The molecule has 21 heavy (non-hydrogen) atoms. The minimum Gasteiger partial charge on any atom is -0.312 e. The summed E-state index contributed by atoms with van der Waals surface area (Å²) in [4.78, 5) is 2.80. The molecule has 0 radical (unpaired) electrons. The van der Waals surface area contributed by atoms with Gasteiger partial charge in [-0.15, -0.1) is 0 Å². The first kappa shape index (κ1) is 15.5. The molecule has 2 heterocycles. The van der Waals surface area contributed by atoms with E-state index < -0.39 is 0 Å². The summed E-state index contributed by atoms with van der Waals surface area (Å²) in [6, 6.07) is 10.9. The molecule has 2 saturated heterocycles. The maximum Gasteiger partial charge on any atom is 0.0349 e. The maximum atomic E-state index is 3.75. The highest BCUT2D eigenvalue weighted by Crippen LogP contribution is 2.34. The Morgan fingerprint density at radius 2 is 2.19 bits per heavy atom. The summed E-state index contributed by atoms with van der Waals surface area (Å²) < 4.78 is 1.20. The predicted octanol–water partition coefficient (Wildman–Crippen LogP) is 4.51. The van der Waals surface area contributed by atoms with E-state index in [2.05, 4.69) is 57.3 Å². The van der Waals surface area contributed by atoms with Gasteiger partial charge in [0.05, 0.1) is 0 Å². The summed E-state index contributed by atoms with van der Waals surface area (Å²) in [5, 5.41) is 3.75. The Balaban J connectivity index is 1.82. The third-order valence-corrected chi connectivity index (χ3v) is 5.67. The monoisotopic (exact) mass is 350 g/mol. The van der Waals surface area contributed by atoms with Gasteiger partial charge in [0.1, 0.15) is 0 Å². The smallest absolute Gasteiger partial charge is 0.0349 e. The Hall–Kier alpha value is -0.380. The van der Waals surface area contributed by atoms with E-state index in [4.69, 9.17) is 0 Å². The van der Waals surface area contributed by atoms with E-state index in [1.54, 1.807) is 0 Å². The predicted molar refractivity (Wildman–Crippen MR) is 92.5 cm³/mol. The third kappa shape index (κ3) is 3.52. The fraction of sp³-hybridized carbons (Fsp3) is 0.667. The molecule has 3 unspecified atom stereocenters. The van der Waals surface area contributed by atoms with Crippen molar-refractivity contribution in [3.8, 4) is 0 Å². The van der Waals surface area contributed by atoms with Crippen LogP contribution in [0.25, 0.3) is 0 Å². The Kier molecular flexibility index (Phi) is 5.36. The fourth-order valence-electron chi connectivity index (χ4n) is 4.21. The van der Waals surface area contributed by atoms with Gasteiger partial charge in [0.15, 0.2) is 0 Å². The van der Waals surface area contributed by atoms with Crippen LogP contribution in [0.3, 0.4) is 0 Å². The number of rotatable bonds is 4. The lowest BCUT2D eigenvalue weighted by Crippen LogP contribution is -2.51. The summed E-state index contributed by atoms with van der Waals surface area (Å²) in [6.45, 7) is 4.80. The summed E-state index contributed by atoms with van der Waals surface area (Å²) >= 11 is 3.63. The Bertz CT molecular complexity index is 456. The zero-order valence-electron chi connectivity index (χ0n) is 13.0. The van der Waals surface area contributed by atoms with Crippen LogP contribution >= 0.6 is 15.9 Å². The van der Waals surface area contributed by atoms with Crippen molar-refractivity contribution in [2.45, 2.75) is 63.6 Å². The highest BCUT2D eigenvalue weighted by atomic mass is 79.9. The summed E-state index contributed by atoms with van der Waals surface area (Å²) in [5.41, 5.74) is 1.47. The molecular weight excluding hydrogens is 324 g/mol. The molecule has 0 amide bonds. The summed E-state index contributed by atoms with van der Waals surface area (Å²) in [5.74, 6) is 0. The number of nitrogens with zero attached hydrogens (tertiary/aromatic N) is 1. The molecule has 1 aromatic carbocycles. The van der Waals surface area contributed by atoms with Gasteiger partial charge in [0.2, 0.25) is 0 Å². The molecule has 0 spiro atoms. The van der Waals surface area contributed by atoms with Crippen LogP contribution in [-0.4, -0.2) is 30.1 Å². The van der Waals surface area contributed by atoms with Crippen molar-refractivity contribution in [1.29, 1.82) is 0 Å². The minimum atomic E-state index is 0.565. The lowest BCUT2D eigenvalue weighted by Gasteiger charge is -2.44. The van der Waals surface area contributed by atoms with E-state index in [1.165, 1.54) is 61.7 Å². The molecule has 2 aliphatic rings. The second kappa shape index (κ2) is 7.26. The van der Waals surface area contributed by atoms with E-state index >= 15 is 0 Å². The maximum absolute atomic E-state index is 3.75. The first-order chi connectivity index (χ1) is 10.3. The van der Waals surface area contributed by atoms with E-state index in [0.717, 1.165) is 6.04 Å². The van der Waals surface area contributed by atoms with Crippen molar-refractivity contribution in [3.63, 3.8) is 0 Å². The average molecular weight is 351 g/mol. The van der Waals surface area contributed by atoms with E-state index in [-0.39, 0.29) is 0 Å². The molecule has 3 heteroatoms. The standard InChI is InChI=1S/C18H27BrN2/c1-2-17(14-7-5-8-15(19)13-14)21-12-4-3-10-18(21)16-9-6-11-20-16/h5,7-8,13,16-18,20H,2-4,6,9-12H2,1H3. The summed E-state index contributed by atoms with van der Waals surface area (Å²) in [7, 11) is 0. The van der Waals surface area contributed by atoms with Crippen LogP contribution in [0.1, 0.15) is 57.1 Å². The quantitative estimate of drug-likeness (QED) is 0.859. The number of halogens is 1. The van der Waals surface area contributed by atoms with Crippen molar-refractivity contribution >= 4 is 15.9 Å². The molecular formula is C18H27BrN2. The van der Waals surface area contributed by atoms with Gasteiger partial charge in [-0.3, -0.25) is 4.90 Å². The van der Waals surface area contributed by atoms with Gasteiger partial charge in [-0.1, -0.05) is 41.4 Å². The molecule has 1 N–H and O–H groups in total. The molecule has 0 saturated carbocycles. The average Bonchev–Trinajstić information content (AvgIpc) is 3.03. The first-order valence-electron chi connectivity index (χ1n) is 8.54. The summed E-state index contributed by atoms with van der Waals surface area (Å²) in [6.07, 6.45) is 8.02. The van der Waals surface area contributed by atoms with Crippen molar-refractivity contribution in [2.24, 2.45) is 0 Å². The number of hydrogen-bond acceptors (Lipinski definition) is 2. The van der Waals surface area contributed by atoms with Crippen molar-refractivity contribution in [3.05, 3.63) is 34.3 Å². The van der Waals surface area contributed by atoms with Crippen LogP contribution in [0.2, 0.25) is 0 Å². The SMILES string of the molecule is CCC(c1cccc(Br)c1)N1CCCCC1C1CCCN1. The topological polar surface area (TPSA) is 15.3 Å². The molecule has 1 aromatic rings. The van der Waals surface area contributed by atoms with E-state index in [9.17, 15) is 0 Å². The second-order valence-electron chi connectivity index (χ2n) is 6.48. The van der Waals surface area contributed by atoms with Crippen LogP contribution < -0.4 is 5.32 Å². The number of benzene rings is 1. The lowest BCUT2D eigenvalue weighted by atomic mass is 9.90. The number of piperidine rings is 1. The molecule has 2 nitrogen and oxygen atoms in total. The molecule has 3 atom stereocenters. The zero-order valence-corrected chi connectivity index (χ0v) is 14.6. The van der Waals surface area contributed by atoms with Crippen molar-refractivity contribution in [2.75, 3.05) is 13.1 Å². The molecule has 116 valence electrons. The number of hydrogen-bond donors (Lipinski definition) is 1. The van der Waals surface area contributed by atoms with Gasteiger partial charge in [0, 0.05) is 22.6 Å². The molecule has 2 fully saturated rings. The molecule has 2 aliphatic heterocycles. The van der Waals surface area contributed by atoms with Crippen molar-refractivity contribution < 1.29 is 0 Å². The molecule has 0 aromatic heterocycles. The minimum absolute atomic E-state index is 0.565. The lowest BCUT2D eigenvalue weighted by molar-refractivity contribution is 0.0702. The van der Waals surface area contributed by atoms with Gasteiger partial charge in [-0.05, 0) is 62.9 Å². The van der Waals surface area contributed by atoms with Gasteiger partial charge in [-0.25, -0.2) is 0 Å². The largest absolute Gasteiger partial charge is 0.312 e. The highest BCUT2D eigenvalue weighted by Gasteiger charge is 2.35. The van der Waals surface area contributed by atoms with Crippen LogP contribution in [0.5, 0.6) is 0 Å². The molecule has 3 rings (SSSR count). The van der Waals surface area contributed by atoms with Crippen molar-refractivity contribution in [1.82, 2.24) is 10.2 Å². The fourth-order valence-corrected chi connectivity index (χ4v) is 4.63. The number of likely N-dealkylation sites (tertiary alicyclic amines) is 1. The molecule has 0 aliphatic carbocycles. The van der Waals surface area contributed by atoms with E-state index in [0.29, 0.717) is 12.1 Å². The zero-order chi connectivity index (χ0) is 14.7. The Morgan fingerprint density at radius 1 is 1.29 bits per heavy atom. The van der Waals surface area contributed by atoms with Crippen LogP contribution in [0.4, 0.5) is 0 Å². The second-order valence-corrected chi connectivity index (χ2v) is 7.40. The Morgan fingerprint density at radius 3 is 2.90 bits per heavy atom. The third-order valence-electron chi connectivity index (χ3n) is 5.18. The van der Waals surface area contributed by atoms with Gasteiger partial charge in [-0.2, -0.15) is 0 Å². The normalized spacial score (nSPS) is 28.7. The van der Waals surface area contributed by atoms with Gasteiger partial charge < -0.3 is 5.32 Å².